The molecule has 4 aliphatic rings. The summed E-state index contributed by atoms with van der Waals surface area (Å²) in [6.07, 6.45) is 5.39. The van der Waals surface area contributed by atoms with E-state index in [-0.39, 0.29) is 11.8 Å². The number of anilines is 1. The molecule has 184 valence electrons. The minimum atomic E-state index is -0.696. The van der Waals surface area contributed by atoms with E-state index >= 15 is 0 Å². The van der Waals surface area contributed by atoms with Crippen molar-refractivity contribution in [3.8, 4) is 5.75 Å². The zero-order valence-electron chi connectivity index (χ0n) is 20.6. The summed E-state index contributed by atoms with van der Waals surface area (Å²) in [5, 5.41) is 17.3. The number of aliphatic hydroxyl groups excluding tert-OH is 1. The first-order chi connectivity index (χ1) is 17.6. The number of carbonyl (C=O) groups excluding carboxylic acids is 1. The Kier molecular flexibility index (Phi) is 5.90. The molecule has 7 rings (SSSR count). The molecule has 0 aliphatic carbocycles. The Morgan fingerprint density at radius 2 is 2.00 bits per heavy atom. The first kappa shape index (κ1) is 23.0. The molecule has 3 aromatic carbocycles. The quantitative estimate of drug-likeness (QED) is 0.377. The molecule has 2 bridgehead atoms. The number of carbonyl (C=O) groups is 1. The van der Waals surface area contributed by atoms with Crippen LogP contribution in [-0.4, -0.2) is 54.2 Å². The largest absolute Gasteiger partial charge is 0.497 e. The van der Waals surface area contributed by atoms with Crippen LogP contribution < -0.4 is 10.1 Å². The molecule has 3 unspecified atom stereocenters. The molecule has 0 spiro atoms. The van der Waals surface area contributed by atoms with Gasteiger partial charge in [0.1, 0.15) is 11.8 Å². The van der Waals surface area contributed by atoms with Crippen LogP contribution in [0.4, 0.5) is 5.69 Å². The first-order valence-electron chi connectivity index (χ1n) is 12.8. The van der Waals surface area contributed by atoms with Crippen molar-refractivity contribution in [3.05, 3.63) is 90.5 Å². The molecule has 3 saturated heterocycles. The third kappa shape index (κ3) is 3.93. The van der Waals surface area contributed by atoms with Crippen LogP contribution >= 0.6 is 0 Å². The van der Waals surface area contributed by atoms with Gasteiger partial charge in [-0.05, 0) is 77.9 Å². The second-order valence-electron chi connectivity index (χ2n) is 10.3. The van der Waals surface area contributed by atoms with Gasteiger partial charge in [-0.2, -0.15) is 0 Å². The van der Waals surface area contributed by atoms with Crippen molar-refractivity contribution in [1.29, 1.82) is 0 Å². The number of piperidine rings is 3. The van der Waals surface area contributed by atoms with Gasteiger partial charge < -0.3 is 15.2 Å². The van der Waals surface area contributed by atoms with Crippen LogP contribution in [-0.2, 0) is 0 Å². The lowest BCUT2D eigenvalue weighted by Crippen LogP contribution is -2.57. The van der Waals surface area contributed by atoms with Gasteiger partial charge in [-0.15, -0.1) is 6.58 Å². The molecule has 5 nitrogen and oxygen atoms in total. The highest BCUT2D eigenvalue weighted by atomic mass is 16.5. The monoisotopic (exact) mass is 480 g/mol. The van der Waals surface area contributed by atoms with Crippen LogP contribution in [0.15, 0.2) is 79.4 Å². The summed E-state index contributed by atoms with van der Waals surface area (Å²) in [4.78, 5) is 16.1. The van der Waals surface area contributed by atoms with Crippen LogP contribution in [0.5, 0.6) is 5.75 Å². The van der Waals surface area contributed by atoms with Crippen LogP contribution in [0.25, 0.3) is 16.3 Å². The predicted octanol–water partition coefficient (Wildman–Crippen LogP) is 5.17. The molecule has 36 heavy (non-hydrogen) atoms. The third-order valence-corrected chi connectivity index (χ3v) is 8.35. The first-order valence-corrected chi connectivity index (χ1v) is 12.8. The standard InChI is InChI=1S/C31H32N2O3/c1-3-19-18-33-13-12-22(19)15-29(33)31(35)26-17-28(32-27-11-10-24(36-2)16-25(26)27)30(34)23-9-8-20-6-4-5-7-21(20)14-23/h3-11,14,16-17,19,22,28-29,31-32,35H,1,12-13,15,18H2,2H3/t19-,22?,28?,29-,31+/m0/s1. The number of ether oxygens (including phenoxy) is 1. The molecule has 4 heterocycles. The molecule has 4 aliphatic heterocycles. The number of fused-ring (bicyclic) bond motifs is 5. The molecule has 2 N–H and O–H groups in total. The highest BCUT2D eigenvalue weighted by molar-refractivity contribution is 6.07. The lowest BCUT2D eigenvalue weighted by atomic mass is 9.73. The maximum atomic E-state index is 13.7. The van der Waals surface area contributed by atoms with Gasteiger partial charge in [-0.25, -0.2) is 0 Å². The van der Waals surface area contributed by atoms with Gasteiger partial charge in [0, 0.05) is 29.4 Å². The normalized spacial score (nSPS) is 27.5. The summed E-state index contributed by atoms with van der Waals surface area (Å²) < 4.78 is 5.49. The number of benzene rings is 3. The smallest absolute Gasteiger partial charge is 0.189 e. The van der Waals surface area contributed by atoms with Gasteiger partial charge >= 0.3 is 0 Å². The van der Waals surface area contributed by atoms with Gasteiger partial charge in [-0.1, -0.05) is 42.5 Å². The molecule has 0 radical (unpaired) electrons. The van der Waals surface area contributed by atoms with E-state index in [2.05, 4.69) is 22.9 Å². The van der Waals surface area contributed by atoms with Crippen LogP contribution in [0, 0.1) is 11.8 Å². The van der Waals surface area contributed by atoms with Crippen molar-refractivity contribution in [2.45, 2.75) is 31.0 Å². The number of nitrogens with zero attached hydrogens (tertiary/aromatic N) is 1. The SMILES string of the molecule is C=C[C@H]1CN2CCC1C[C@H]2[C@H](O)C1=CC(C(=O)c2ccc3ccccc3c2)Nc2ccc(OC)cc21. The van der Waals surface area contributed by atoms with Crippen molar-refractivity contribution in [3.63, 3.8) is 0 Å². The second kappa shape index (κ2) is 9.23. The van der Waals surface area contributed by atoms with Crippen LogP contribution in [0.3, 0.4) is 0 Å². The number of rotatable bonds is 6. The molecule has 6 atom stereocenters. The van der Waals surface area contributed by atoms with Crippen LogP contribution in [0.1, 0.15) is 28.8 Å². The van der Waals surface area contributed by atoms with Crippen molar-refractivity contribution in [2.24, 2.45) is 11.8 Å². The minimum absolute atomic E-state index is 0.0101. The number of Topliss-reactive ketones (excluding diaryl/α,β-unsaturated/α-hetero) is 1. The number of hydrogen-bond donors (Lipinski definition) is 2. The highest BCUT2D eigenvalue weighted by Gasteiger charge is 2.43. The van der Waals surface area contributed by atoms with Crippen molar-refractivity contribution >= 4 is 27.8 Å². The number of ketones is 1. The third-order valence-electron chi connectivity index (χ3n) is 8.35. The zero-order valence-corrected chi connectivity index (χ0v) is 20.6. The van der Waals surface area contributed by atoms with E-state index in [9.17, 15) is 9.90 Å². The van der Waals surface area contributed by atoms with Gasteiger partial charge in [0.25, 0.3) is 0 Å². The number of aliphatic hydroxyl groups is 1. The molecule has 0 saturated carbocycles. The van der Waals surface area contributed by atoms with E-state index in [1.165, 1.54) is 0 Å². The Morgan fingerprint density at radius 1 is 1.17 bits per heavy atom. The Labute approximate surface area is 212 Å². The Balaban J connectivity index is 1.36. The fourth-order valence-electron chi connectivity index (χ4n) is 6.33. The topological polar surface area (TPSA) is 61.8 Å². The summed E-state index contributed by atoms with van der Waals surface area (Å²) in [7, 11) is 1.64. The Hall–Kier alpha value is -3.41. The molecule has 0 amide bonds. The Bertz CT molecular complexity index is 1360. The fourth-order valence-corrected chi connectivity index (χ4v) is 6.33. The summed E-state index contributed by atoms with van der Waals surface area (Å²) in [6.45, 7) is 5.96. The van der Waals surface area contributed by atoms with E-state index in [4.69, 9.17) is 4.74 Å². The van der Waals surface area contributed by atoms with E-state index in [0.717, 1.165) is 59.3 Å². The predicted molar refractivity (Wildman–Crippen MR) is 144 cm³/mol. The highest BCUT2D eigenvalue weighted by Crippen LogP contribution is 2.43. The van der Waals surface area contributed by atoms with Crippen molar-refractivity contribution in [1.82, 2.24) is 4.90 Å². The lowest BCUT2D eigenvalue weighted by Gasteiger charge is -2.51. The van der Waals surface area contributed by atoms with E-state index in [1.807, 2.05) is 66.7 Å². The number of nitrogens with one attached hydrogen (secondary N) is 1. The molecule has 3 aromatic rings. The number of hydrogen-bond acceptors (Lipinski definition) is 5. The summed E-state index contributed by atoms with van der Waals surface area (Å²) in [5.41, 5.74) is 3.19. The van der Waals surface area contributed by atoms with Gasteiger partial charge in [0.05, 0.1) is 13.2 Å². The number of methoxy groups -OCH3 is 1. The average Bonchev–Trinajstić information content (AvgIpc) is 2.95. The zero-order chi connectivity index (χ0) is 24.8. The van der Waals surface area contributed by atoms with Gasteiger partial charge in [0.2, 0.25) is 0 Å². The summed E-state index contributed by atoms with van der Waals surface area (Å²) in [5.74, 6) is 1.75. The Morgan fingerprint density at radius 3 is 2.75 bits per heavy atom. The second-order valence-corrected chi connectivity index (χ2v) is 10.3. The van der Waals surface area contributed by atoms with E-state index in [1.54, 1.807) is 7.11 Å². The van der Waals surface area contributed by atoms with Crippen molar-refractivity contribution < 1.29 is 14.6 Å². The van der Waals surface area contributed by atoms with Gasteiger partial charge in [0.15, 0.2) is 5.78 Å². The minimum Gasteiger partial charge on any atom is -0.497 e. The van der Waals surface area contributed by atoms with Crippen LogP contribution in [0.2, 0.25) is 0 Å². The molecular formula is C31H32N2O3. The summed E-state index contributed by atoms with van der Waals surface area (Å²) >= 11 is 0. The molecule has 3 fully saturated rings. The van der Waals surface area contributed by atoms with Gasteiger partial charge in [-0.3, -0.25) is 9.69 Å². The fraction of sp³-hybridized carbons (Fsp3) is 0.323. The molecular weight excluding hydrogens is 448 g/mol. The molecule has 0 aromatic heterocycles. The molecule has 5 heteroatoms. The average molecular weight is 481 g/mol. The van der Waals surface area contributed by atoms with Crippen molar-refractivity contribution in [2.75, 3.05) is 25.5 Å². The maximum Gasteiger partial charge on any atom is 0.189 e. The van der Waals surface area contributed by atoms with E-state index in [0.29, 0.717) is 17.4 Å². The van der Waals surface area contributed by atoms with E-state index < -0.39 is 12.1 Å². The lowest BCUT2D eigenvalue weighted by molar-refractivity contribution is -0.0254. The maximum absolute atomic E-state index is 13.7. The summed E-state index contributed by atoms with van der Waals surface area (Å²) in [6, 6.07) is 19.1.